The summed E-state index contributed by atoms with van der Waals surface area (Å²) in [6.07, 6.45) is -3.77. The third-order valence-electron chi connectivity index (χ3n) is 2.83. The van der Waals surface area contributed by atoms with Gasteiger partial charge >= 0.3 is 6.18 Å². The summed E-state index contributed by atoms with van der Waals surface area (Å²) < 4.78 is 42.6. The van der Waals surface area contributed by atoms with Crippen LogP contribution in [0.1, 0.15) is 22.8 Å². The first kappa shape index (κ1) is 16.6. The molecule has 23 heavy (non-hydrogen) atoms. The van der Waals surface area contributed by atoms with Crippen LogP contribution in [-0.2, 0) is 6.18 Å². The lowest BCUT2D eigenvalue weighted by Gasteiger charge is -2.12. The van der Waals surface area contributed by atoms with E-state index < -0.39 is 17.6 Å². The maximum atomic E-state index is 12.4. The Hall–Kier alpha value is -2.77. The molecule has 122 valence electrons. The van der Waals surface area contributed by atoms with Crippen molar-refractivity contribution in [1.82, 2.24) is 10.4 Å². The van der Waals surface area contributed by atoms with Crippen LogP contribution in [0.15, 0.2) is 42.6 Å². The fraction of sp³-hybridized carbons (Fsp3) is 0.200. The van der Waals surface area contributed by atoms with E-state index in [-0.39, 0.29) is 5.82 Å². The number of para-hydroxylation sites is 1. The summed E-state index contributed by atoms with van der Waals surface area (Å²) in [5, 5.41) is 0. The maximum Gasteiger partial charge on any atom is 0.417 e. The number of pyridine rings is 1. The Morgan fingerprint density at radius 3 is 2.57 bits per heavy atom. The zero-order chi connectivity index (χ0) is 16.9. The maximum absolute atomic E-state index is 12.4. The average molecular weight is 325 g/mol. The summed E-state index contributed by atoms with van der Waals surface area (Å²) in [5.41, 5.74) is 4.25. The van der Waals surface area contributed by atoms with Crippen molar-refractivity contribution < 1.29 is 22.7 Å². The third-order valence-corrected chi connectivity index (χ3v) is 2.83. The first-order valence-electron chi connectivity index (χ1n) is 6.73. The number of alkyl halides is 3. The lowest BCUT2D eigenvalue weighted by Crippen LogP contribution is -2.30. The first-order valence-corrected chi connectivity index (χ1v) is 6.73. The number of amides is 1. The summed E-state index contributed by atoms with van der Waals surface area (Å²) in [6, 6.07) is 8.62. The SMILES string of the molecule is CCOc1ccccc1C(=O)NNc1ccc(C(F)(F)F)cn1. The van der Waals surface area contributed by atoms with Gasteiger partial charge in [-0.15, -0.1) is 0 Å². The zero-order valence-electron chi connectivity index (χ0n) is 12.1. The van der Waals surface area contributed by atoms with Crippen molar-refractivity contribution in [1.29, 1.82) is 0 Å². The lowest BCUT2D eigenvalue weighted by atomic mass is 10.2. The van der Waals surface area contributed by atoms with Crippen molar-refractivity contribution in [2.75, 3.05) is 12.0 Å². The van der Waals surface area contributed by atoms with Gasteiger partial charge in [-0.1, -0.05) is 12.1 Å². The number of aromatic nitrogens is 1. The third kappa shape index (κ3) is 4.35. The monoisotopic (exact) mass is 325 g/mol. The van der Waals surface area contributed by atoms with Crippen molar-refractivity contribution >= 4 is 11.7 Å². The second-order valence-corrected chi connectivity index (χ2v) is 4.44. The van der Waals surface area contributed by atoms with Gasteiger partial charge in [0.25, 0.3) is 5.91 Å². The van der Waals surface area contributed by atoms with E-state index in [1.54, 1.807) is 31.2 Å². The van der Waals surface area contributed by atoms with Crippen LogP contribution < -0.4 is 15.6 Å². The molecular formula is C15H14F3N3O2. The molecule has 2 rings (SSSR count). The number of benzene rings is 1. The molecule has 1 aromatic carbocycles. The Morgan fingerprint density at radius 1 is 1.22 bits per heavy atom. The van der Waals surface area contributed by atoms with Crippen LogP contribution in [0.25, 0.3) is 0 Å². The molecular weight excluding hydrogens is 311 g/mol. The Bertz CT molecular complexity index is 672. The van der Waals surface area contributed by atoms with E-state index in [1.807, 2.05) is 0 Å². The molecule has 0 atom stereocenters. The molecule has 2 aromatic rings. The molecule has 5 nitrogen and oxygen atoms in total. The van der Waals surface area contributed by atoms with Gasteiger partial charge in [0.1, 0.15) is 11.6 Å². The van der Waals surface area contributed by atoms with Crippen molar-refractivity contribution in [2.24, 2.45) is 0 Å². The highest BCUT2D eigenvalue weighted by atomic mass is 19.4. The van der Waals surface area contributed by atoms with E-state index in [1.165, 1.54) is 0 Å². The molecule has 1 amide bonds. The molecule has 1 aromatic heterocycles. The Balaban J connectivity index is 2.02. The first-order chi connectivity index (χ1) is 10.9. The summed E-state index contributed by atoms with van der Waals surface area (Å²) in [7, 11) is 0. The largest absolute Gasteiger partial charge is 0.493 e. The Morgan fingerprint density at radius 2 is 1.96 bits per heavy atom. The molecule has 0 aliphatic heterocycles. The molecule has 0 bridgehead atoms. The molecule has 2 N–H and O–H groups in total. The molecule has 0 spiro atoms. The van der Waals surface area contributed by atoms with Crippen molar-refractivity contribution in [3.63, 3.8) is 0 Å². The molecule has 0 aliphatic carbocycles. The lowest BCUT2D eigenvalue weighted by molar-refractivity contribution is -0.137. The minimum Gasteiger partial charge on any atom is -0.493 e. The Labute approximate surface area is 130 Å². The molecule has 0 unspecified atom stereocenters. The van der Waals surface area contributed by atoms with Crippen molar-refractivity contribution in [2.45, 2.75) is 13.1 Å². The number of hydrogen-bond donors (Lipinski definition) is 2. The number of ether oxygens (including phenoxy) is 1. The molecule has 1 heterocycles. The number of anilines is 1. The van der Waals surface area contributed by atoms with E-state index in [0.717, 1.165) is 12.1 Å². The summed E-state index contributed by atoms with van der Waals surface area (Å²) >= 11 is 0. The highest BCUT2D eigenvalue weighted by Gasteiger charge is 2.30. The van der Waals surface area contributed by atoms with Crippen molar-refractivity contribution in [3.8, 4) is 5.75 Å². The van der Waals surface area contributed by atoms with Gasteiger partial charge < -0.3 is 4.74 Å². The average Bonchev–Trinajstić information content (AvgIpc) is 2.53. The molecule has 0 saturated heterocycles. The van der Waals surface area contributed by atoms with Gasteiger partial charge in [0.15, 0.2) is 0 Å². The van der Waals surface area contributed by atoms with E-state index in [2.05, 4.69) is 15.8 Å². The number of nitrogens with zero attached hydrogens (tertiary/aromatic N) is 1. The van der Waals surface area contributed by atoms with Crippen LogP contribution in [0.2, 0.25) is 0 Å². The van der Waals surface area contributed by atoms with Crippen LogP contribution in [-0.4, -0.2) is 17.5 Å². The number of carbonyl (C=O) groups is 1. The normalized spacial score (nSPS) is 11.0. The summed E-state index contributed by atoms with van der Waals surface area (Å²) in [6.45, 7) is 2.19. The van der Waals surface area contributed by atoms with Crippen LogP contribution in [0.4, 0.5) is 19.0 Å². The second kappa shape index (κ2) is 6.99. The number of halogens is 3. The number of nitrogens with one attached hydrogen (secondary N) is 2. The topological polar surface area (TPSA) is 63.2 Å². The predicted octanol–water partition coefficient (Wildman–Crippen LogP) is 3.26. The van der Waals surface area contributed by atoms with Gasteiger partial charge in [0.2, 0.25) is 0 Å². The van der Waals surface area contributed by atoms with Crippen molar-refractivity contribution in [3.05, 3.63) is 53.7 Å². The number of rotatable bonds is 5. The molecule has 8 heteroatoms. The zero-order valence-corrected chi connectivity index (χ0v) is 12.1. The molecule has 0 aliphatic rings. The second-order valence-electron chi connectivity index (χ2n) is 4.44. The van der Waals surface area contributed by atoms with Crippen LogP contribution in [0.3, 0.4) is 0 Å². The van der Waals surface area contributed by atoms with Crippen LogP contribution in [0, 0.1) is 0 Å². The number of hydrazine groups is 1. The molecule has 0 fully saturated rings. The van der Waals surface area contributed by atoms with Gasteiger partial charge in [-0.05, 0) is 31.2 Å². The predicted molar refractivity (Wildman–Crippen MR) is 77.9 cm³/mol. The van der Waals surface area contributed by atoms with E-state index in [0.29, 0.717) is 24.1 Å². The number of hydrogen-bond acceptors (Lipinski definition) is 4. The smallest absolute Gasteiger partial charge is 0.417 e. The van der Waals surface area contributed by atoms with E-state index in [9.17, 15) is 18.0 Å². The van der Waals surface area contributed by atoms with Gasteiger partial charge in [-0.25, -0.2) is 4.98 Å². The highest BCUT2D eigenvalue weighted by Crippen LogP contribution is 2.28. The fourth-order valence-electron chi connectivity index (χ4n) is 1.76. The quantitative estimate of drug-likeness (QED) is 0.828. The summed E-state index contributed by atoms with van der Waals surface area (Å²) in [5.74, 6) is 0.00525. The van der Waals surface area contributed by atoms with Gasteiger partial charge in [-0.2, -0.15) is 13.2 Å². The minimum absolute atomic E-state index is 0.0836. The Kier molecular flexibility index (Phi) is 5.05. The highest BCUT2D eigenvalue weighted by molar-refractivity contribution is 5.97. The minimum atomic E-state index is -4.45. The van der Waals surface area contributed by atoms with E-state index >= 15 is 0 Å². The summed E-state index contributed by atoms with van der Waals surface area (Å²) in [4.78, 5) is 15.7. The van der Waals surface area contributed by atoms with E-state index in [4.69, 9.17) is 4.74 Å². The molecule has 0 radical (unpaired) electrons. The fourth-order valence-corrected chi connectivity index (χ4v) is 1.76. The van der Waals surface area contributed by atoms with Crippen LogP contribution in [0.5, 0.6) is 5.75 Å². The van der Waals surface area contributed by atoms with Gasteiger partial charge in [0, 0.05) is 6.20 Å². The van der Waals surface area contributed by atoms with Gasteiger partial charge in [0.05, 0.1) is 17.7 Å². The standard InChI is InChI=1S/C15H14F3N3O2/c1-2-23-12-6-4-3-5-11(12)14(22)21-20-13-8-7-10(9-19-13)15(16,17)18/h3-9H,2H2,1H3,(H,19,20)(H,21,22). The van der Waals surface area contributed by atoms with Gasteiger partial charge in [-0.3, -0.25) is 15.6 Å². The number of carbonyl (C=O) groups excluding carboxylic acids is 1. The molecule has 0 saturated carbocycles. The van der Waals surface area contributed by atoms with Crippen LogP contribution >= 0.6 is 0 Å².